The summed E-state index contributed by atoms with van der Waals surface area (Å²) in [6.07, 6.45) is 6.52. The van der Waals surface area contributed by atoms with Crippen molar-refractivity contribution < 1.29 is 9.53 Å². The molecule has 0 aromatic heterocycles. The number of carbonyl (C=O) groups excluding carboxylic acids is 1. The van der Waals surface area contributed by atoms with Gasteiger partial charge in [-0.2, -0.15) is 0 Å². The summed E-state index contributed by atoms with van der Waals surface area (Å²) >= 11 is 0. The Bertz CT molecular complexity index is 631. The second kappa shape index (κ2) is 12.9. The number of hydrogen-bond donors (Lipinski definition) is 1. The molecule has 0 unspecified atom stereocenters. The summed E-state index contributed by atoms with van der Waals surface area (Å²) in [6.45, 7) is 1.72. The third kappa shape index (κ3) is 7.85. The Morgan fingerprint density at radius 2 is 1.86 bits per heavy atom. The van der Waals surface area contributed by atoms with E-state index < -0.39 is 0 Å². The van der Waals surface area contributed by atoms with Crippen LogP contribution in [0.5, 0.6) is 5.75 Å². The van der Waals surface area contributed by atoms with Gasteiger partial charge in [-0.1, -0.05) is 37.5 Å². The highest BCUT2D eigenvalue weighted by Gasteiger charge is 2.16. The highest BCUT2D eigenvalue weighted by Crippen LogP contribution is 2.23. The van der Waals surface area contributed by atoms with Crippen molar-refractivity contribution in [3.05, 3.63) is 29.8 Å². The normalized spacial score (nSPS) is 14.8. The van der Waals surface area contributed by atoms with Crippen molar-refractivity contribution in [2.24, 2.45) is 10.9 Å². The molecule has 0 atom stereocenters. The summed E-state index contributed by atoms with van der Waals surface area (Å²) in [6, 6.07) is 7.99. The maximum atomic E-state index is 12.0. The predicted molar refractivity (Wildman–Crippen MR) is 125 cm³/mol. The molecular formula is C21H35IN4O2. The third-order valence-electron chi connectivity index (χ3n) is 5.10. The molecule has 7 heteroatoms. The van der Waals surface area contributed by atoms with Gasteiger partial charge in [-0.25, -0.2) is 4.99 Å². The van der Waals surface area contributed by atoms with E-state index in [1.165, 1.54) is 32.1 Å². The number of benzene rings is 1. The molecule has 1 aliphatic rings. The number of ether oxygens (including phenoxy) is 1. The number of para-hydroxylation sites is 1. The molecule has 0 spiro atoms. The summed E-state index contributed by atoms with van der Waals surface area (Å²) in [7, 11) is 7.20. The van der Waals surface area contributed by atoms with E-state index in [0.717, 1.165) is 23.8 Å². The number of likely N-dealkylation sites (N-methyl/N-ethyl adjacent to an activating group) is 1. The average Bonchev–Trinajstić information content (AvgIpc) is 2.68. The number of nitrogens with zero attached hydrogens (tertiary/aromatic N) is 3. The zero-order chi connectivity index (χ0) is 19.6. The van der Waals surface area contributed by atoms with Gasteiger partial charge in [0.2, 0.25) is 5.91 Å². The molecule has 28 heavy (non-hydrogen) atoms. The van der Waals surface area contributed by atoms with Gasteiger partial charge in [0.15, 0.2) is 5.96 Å². The lowest BCUT2D eigenvalue weighted by Gasteiger charge is -2.27. The molecule has 0 bridgehead atoms. The predicted octanol–water partition coefficient (Wildman–Crippen LogP) is 3.36. The molecule has 2 rings (SSSR count). The van der Waals surface area contributed by atoms with E-state index in [4.69, 9.17) is 4.74 Å². The molecule has 0 aliphatic heterocycles. The number of carbonyl (C=O) groups is 1. The van der Waals surface area contributed by atoms with Gasteiger partial charge >= 0.3 is 0 Å². The quantitative estimate of drug-likeness (QED) is 0.353. The first-order valence-electron chi connectivity index (χ1n) is 9.82. The Kier molecular flexibility index (Phi) is 11.3. The van der Waals surface area contributed by atoms with Crippen molar-refractivity contribution in [3.63, 3.8) is 0 Å². The number of hydrogen-bond acceptors (Lipinski definition) is 3. The first kappa shape index (κ1) is 24.5. The van der Waals surface area contributed by atoms with E-state index >= 15 is 0 Å². The van der Waals surface area contributed by atoms with Crippen LogP contribution in [0.4, 0.5) is 0 Å². The highest BCUT2D eigenvalue weighted by atomic mass is 127. The van der Waals surface area contributed by atoms with Gasteiger partial charge in [0, 0.05) is 39.8 Å². The van der Waals surface area contributed by atoms with E-state index in [9.17, 15) is 4.79 Å². The summed E-state index contributed by atoms with van der Waals surface area (Å²) in [4.78, 5) is 20.2. The molecule has 1 fully saturated rings. The Morgan fingerprint density at radius 1 is 1.18 bits per heavy atom. The molecule has 0 heterocycles. The molecule has 1 aliphatic carbocycles. The van der Waals surface area contributed by atoms with Gasteiger partial charge in [-0.3, -0.25) is 4.79 Å². The summed E-state index contributed by atoms with van der Waals surface area (Å²) < 4.78 is 5.46. The minimum atomic E-state index is -0.00217. The average molecular weight is 502 g/mol. The number of aliphatic imine (C=N–C) groups is 1. The highest BCUT2D eigenvalue weighted by molar-refractivity contribution is 14.0. The van der Waals surface area contributed by atoms with Crippen LogP contribution in [0.1, 0.15) is 37.7 Å². The van der Waals surface area contributed by atoms with Crippen molar-refractivity contribution in [3.8, 4) is 5.75 Å². The van der Waals surface area contributed by atoms with Crippen LogP contribution in [-0.4, -0.2) is 63.0 Å². The van der Waals surface area contributed by atoms with Crippen molar-refractivity contribution in [1.29, 1.82) is 0 Å². The van der Waals surface area contributed by atoms with E-state index in [1.807, 2.05) is 25.2 Å². The minimum absolute atomic E-state index is 0. The fraction of sp³-hybridized carbons (Fsp3) is 0.619. The zero-order valence-electron chi connectivity index (χ0n) is 17.6. The van der Waals surface area contributed by atoms with Gasteiger partial charge < -0.3 is 19.9 Å². The van der Waals surface area contributed by atoms with Gasteiger partial charge in [0.05, 0.1) is 7.11 Å². The minimum Gasteiger partial charge on any atom is -0.496 e. The summed E-state index contributed by atoms with van der Waals surface area (Å²) in [5, 5.41) is 3.51. The molecule has 1 amide bonds. The van der Waals surface area contributed by atoms with Crippen LogP contribution in [0.2, 0.25) is 0 Å². The SMILES string of the molecule is COc1ccccc1CN(C)C(=NCC(=O)N(C)C)NCC1CCCCC1.I. The van der Waals surface area contributed by atoms with Crippen LogP contribution in [0.3, 0.4) is 0 Å². The largest absolute Gasteiger partial charge is 0.496 e. The van der Waals surface area contributed by atoms with Crippen LogP contribution in [0, 0.1) is 5.92 Å². The maximum Gasteiger partial charge on any atom is 0.243 e. The zero-order valence-corrected chi connectivity index (χ0v) is 19.9. The first-order valence-corrected chi connectivity index (χ1v) is 9.82. The number of amides is 1. The molecule has 158 valence electrons. The van der Waals surface area contributed by atoms with Gasteiger partial charge in [0.1, 0.15) is 12.3 Å². The van der Waals surface area contributed by atoms with Gasteiger partial charge in [0.25, 0.3) is 0 Å². The maximum absolute atomic E-state index is 12.0. The van der Waals surface area contributed by atoms with E-state index in [0.29, 0.717) is 12.5 Å². The van der Waals surface area contributed by atoms with Crippen LogP contribution in [-0.2, 0) is 11.3 Å². The Labute approximate surface area is 186 Å². The molecule has 6 nitrogen and oxygen atoms in total. The molecule has 1 aromatic carbocycles. The lowest BCUT2D eigenvalue weighted by Crippen LogP contribution is -2.42. The number of rotatable bonds is 7. The van der Waals surface area contributed by atoms with E-state index in [-0.39, 0.29) is 36.4 Å². The van der Waals surface area contributed by atoms with E-state index in [2.05, 4.69) is 21.3 Å². The summed E-state index contributed by atoms with van der Waals surface area (Å²) in [5.41, 5.74) is 1.09. The molecule has 1 aromatic rings. The topological polar surface area (TPSA) is 57.2 Å². The van der Waals surface area contributed by atoms with Crippen LogP contribution in [0.25, 0.3) is 0 Å². The number of guanidine groups is 1. The summed E-state index contributed by atoms with van der Waals surface area (Å²) in [5.74, 6) is 2.31. The number of halogens is 1. The number of methoxy groups -OCH3 is 1. The Morgan fingerprint density at radius 3 is 2.50 bits per heavy atom. The van der Waals surface area contributed by atoms with Crippen LogP contribution >= 0.6 is 24.0 Å². The van der Waals surface area contributed by atoms with Gasteiger partial charge in [-0.05, 0) is 24.8 Å². The standard InChI is InChI=1S/C21H34N4O2.HI/c1-24(2)20(26)15-23-21(22-14-17-10-6-5-7-11-17)25(3)16-18-12-8-9-13-19(18)27-4;/h8-9,12-13,17H,5-7,10-11,14-16H2,1-4H3,(H,22,23);1H. The Balaban J connectivity index is 0.00000392. The lowest BCUT2D eigenvalue weighted by molar-refractivity contribution is -0.127. The molecule has 1 saturated carbocycles. The van der Waals surface area contributed by atoms with Crippen LogP contribution in [0.15, 0.2) is 29.3 Å². The fourth-order valence-corrected chi connectivity index (χ4v) is 3.39. The smallest absolute Gasteiger partial charge is 0.243 e. The van der Waals surface area contributed by atoms with Crippen molar-refractivity contribution in [1.82, 2.24) is 15.1 Å². The van der Waals surface area contributed by atoms with Crippen LogP contribution < -0.4 is 10.1 Å². The lowest BCUT2D eigenvalue weighted by atomic mass is 9.89. The van der Waals surface area contributed by atoms with Gasteiger partial charge in [-0.15, -0.1) is 24.0 Å². The molecule has 1 N–H and O–H groups in total. The molecule has 0 saturated heterocycles. The van der Waals surface area contributed by atoms with Crippen molar-refractivity contribution in [2.45, 2.75) is 38.6 Å². The number of nitrogens with one attached hydrogen (secondary N) is 1. The fourth-order valence-electron chi connectivity index (χ4n) is 3.39. The third-order valence-corrected chi connectivity index (χ3v) is 5.10. The van der Waals surface area contributed by atoms with Crippen molar-refractivity contribution >= 4 is 35.8 Å². The molecule has 0 radical (unpaired) electrons. The van der Waals surface area contributed by atoms with E-state index in [1.54, 1.807) is 26.1 Å². The second-order valence-corrected chi connectivity index (χ2v) is 7.48. The first-order chi connectivity index (χ1) is 13.0. The molecular weight excluding hydrogens is 467 g/mol. The Hall–Kier alpha value is -1.51. The second-order valence-electron chi connectivity index (χ2n) is 7.48. The van der Waals surface area contributed by atoms with Crippen molar-refractivity contribution in [2.75, 3.05) is 41.3 Å². The monoisotopic (exact) mass is 502 g/mol.